The van der Waals surface area contributed by atoms with Gasteiger partial charge in [-0.15, -0.1) is 0 Å². The van der Waals surface area contributed by atoms with Crippen LogP contribution in [0.25, 0.3) is 0 Å². The van der Waals surface area contributed by atoms with Gasteiger partial charge in [0.2, 0.25) is 0 Å². The minimum atomic E-state index is -3.25. The molecule has 0 heterocycles. The molecule has 0 amide bonds. The van der Waals surface area contributed by atoms with Crippen molar-refractivity contribution in [2.24, 2.45) is 55.2 Å². The van der Waals surface area contributed by atoms with E-state index in [1.807, 2.05) is 0 Å². The fraction of sp³-hybridized carbons (Fsp3) is 0.453. The summed E-state index contributed by atoms with van der Waals surface area (Å²) in [6.07, 6.45) is 34.1. The molecule has 0 bridgehead atoms. The summed E-state index contributed by atoms with van der Waals surface area (Å²) in [6.45, 7) is 30.9. The first-order chi connectivity index (χ1) is 26.2. The summed E-state index contributed by atoms with van der Waals surface area (Å²) in [5.41, 5.74) is 4.58. The van der Waals surface area contributed by atoms with Gasteiger partial charge in [-0.1, -0.05) is 0 Å². The van der Waals surface area contributed by atoms with E-state index in [0.717, 1.165) is 16.5 Å². The Balaban J connectivity index is 0.00000283. The van der Waals surface area contributed by atoms with Crippen LogP contribution in [0.15, 0.2) is 142 Å². The monoisotopic (exact) mass is 928 g/mol. The average molecular weight is 932 g/mol. The van der Waals surface area contributed by atoms with Crippen molar-refractivity contribution < 1.29 is 46.1 Å². The molecule has 0 nitrogen and oxygen atoms in total. The third-order valence-corrected chi connectivity index (χ3v) is 27.9. The third kappa shape index (κ3) is 5.50. The summed E-state index contributed by atoms with van der Waals surface area (Å²) in [7, 11) is 0. The molecule has 8 rings (SSSR count). The van der Waals surface area contributed by atoms with Crippen molar-refractivity contribution in [3.8, 4) is 0 Å². The van der Waals surface area contributed by atoms with Gasteiger partial charge in [0.25, 0.3) is 0 Å². The summed E-state index contributed by atoms with van der Waals surface area (Å²) < 4.78 is 3.72. The molecule has 5 heteroatoms. The summed E-state index contributed by atoms with van der Waals surface area (Å²) in [4.78, 5) is 0. The van der Waals surface area contributed by atoms with Crippen LogP contribution in [0.5, 0.6) is 0 Å². The molecule has 2 aromatic rings. The fourth-order valence-corrected chi connectivity index (χ4v) is 26.4. The van der Waals surface area contributed by atoms with Gasteiger partial charge in [-0.25, -0.2) is 0 Å². The normalized spacial score (nSPS) is 38.8. The van der Waals surface area contributed by atoms with Gasteiger partial charge in [0.05, 0.1) is 0 Å². The Labute approximate surface area is 380 Å². The van der Waals surface area contributed by atoms with Crippen molar-refractivity contribution in [3.63, 3.8) is 0 Å². The minimum Gasteiger partial charge on any atom is -1.00 e. The summed E-state index contributed by atoms with van der Waals surface area (Å²) in [6, 6.07) is 17.7. The van der Waals surface area contributed by atoms with Crippen LogP contribution in [0.2, 0.25) is 13.7 Å². The topological polar surface area (TPSA) is 0 Å². The third-order valence-electron chi connectivity index (χ3n) is 18.1. The number of fused-ring (bicyclic) bond motifs is 8. The second-order valence-corrected chi connectivity index (χ2v) is 27.4. The Bertz CT molecular complexity index is 2230. The van der Waals surface area contributed by atoms with E-state index in [0.29, 0.717) is 15.5 Å². The van der Waals surface area contributed by atoms with E-state index in [9.17, 15) is 0 Å². The molecule has 2 aromatic carbocycles. The van der Waals surface area contributed by atoms with Crippen LogP contribution in [-0.2, 0) is 21.3 Å². The standard InChI is InChI=1S/C29H37.C13H8Cl2.C11H17.2ClH.Zr/c1-21-14-13-15-22-20-27(6)25(4)18-10-9-16-23(25,2)24(3)17-11-12-19-26(24,5)29(27,8)28(21,22)7;14-12-5-1-10(2-6-12)9-11-3-7-13(15)8-4-11;1-5-9-6-7-10(8-9)11(2,3)4;;;/h9-20,22H,1-8H3;1-8H;7-9H,5H2,1-4H3;2*1H;/q;;;;;+2/p-2. The van der Waals surface area contributed by atoms with Crippen molar-refractivity contribution in [2.45, 2.75) is 93.1 Å². The van der Waals surface area contributed by atoms with Crippen LogP contribution in [0, 0.1) is 55.2 Å². The first kappa shape index (κ1) is 45.8. The van der Waals surface area contributed by atoms with Crippen LogP contribution >= 0.6 is 23.2 Å². The molecule has 0 radical (unpaired) electrons. The summed E-state index contributed by atoms with van der Waals surface area (Å²) >= 11 is 10.2. The number of benzene rings is 2. The smallest absolute Gasteiger partial charge is 1.00 e. The molecule has 10 atom stereocenters. The first-order valence-corrected chi connectivity index (χ1v) is 25.6. The van der Waals surface area contributed by atoms with E-state index in [1.54, 1.807) is 6.49 Å². The Morgan fingerprint density at radius 3 is 1.62 bits per heavy atom. The molecule has 2 fully saturated rings. The molecular weight excluding hydrogens is 870 g/mol. The molecule has 6 aliphatic carbocycles. The van der Waals surface area contributed by atoms with Crippen molar-refractivity contribution in [3.05, 3.63) is 163 Å². The largest absolute Gasteiger partial charge is 1.00 e. The Hall–Kier alpha value is -1.73. The Morgan fingerprint density at radius 2 is 1.14 bits per heavy atom. The van der Waals surface area contributed by atoms with Gasteiger partial charge in [-0.05, 0) is 0 Å². The number of allylic oxidation sites excluding steroid dienone is 16. The minimum absolute atomic E-state index is 0. The Kier molecular flexibility index (Phi) is 11.8. The molecule has 6 aliphatic rings. The van der Waals surface area contributed by atoms with Crippen LogP contribution in [0.3, 0.4) is 0 Å². The van der Waals surface area contributed by atoms with E-state index in [-0.39, 0.29) is 68.1 Å². The van der Waals surface area contributed by atoms with Crippen LogP contribution in [0.4, 0.5) is 0 Å². The van der Waals surface area contributed by atoms with E-state index in [1.165, 1.54) is 22.3 Å². The summed E-state index contributed by atoms with van der Waals surface area (Å²) in [5.74, 6) is 0.740. The first-order valence-electron chi connectivity index (χ1n) is 21.0. The molecule has 0 aliphatic heterocycles. The molecule has 306 valence electrons. The van der Waals surface area contributed by atoms with E-state index < -0.39 is 21.3 Å². The second kappa shape index (κ2) is 15.0. The van der Waals surface area contributed by atoms with Gasteiger partial charge < -0.3 is 24.8 Å². The van der Waals surface area contributed by atoms with Crippen molar-refractivity contribution in [1.82, 2.24) is 0 Å². The van der Waals surface area contributed by atoms with Crippen molar-refractivity contribution in [1.29, 1.82) is 0 Å². The SMILES string of the molecule is CCC1C=C(C(C)(C)C)C=[C]1[Zr+2](=[C](c1ccc(Cl)cc1)c1ccc(Cl)cc1)[CH]1C2C=CC=C(C)C2(C)C2(C)C3(C)C=CC=CC3(C)C3(C)C=CC=CC3(C)C12C.[Cl-].[Cl-]. The second-order valence-electron chi connectivity index (χ2n) is 20.3. The van der Waals surface area contributed by atoms with Crippen molar-refractivity contribution >= 4 is 26.4 Å². The van der Waals surface area contributed by atoms with E-state index in [2.05, 4.69) is 211 Å². The van der Waals surface area contributed by atoms with Crippen molar-refractivity contribution in [2.75, 3.05) is 0 Å². The van der Waals surface area contributed by atoms with E-state index >= 15 is 0 Å². The quantitative estimate of drug-likeness (QED) is 0.281. The number of halogens is 4. The zero-order chi connectivity index (χ0) is 40.5. The Morgan fingerprint density at radius 1 is 0.672 bits per heavy atom. The predicted molar refractivity (Wildman–Crippen MR) is 239 cm³/mol. The maximum atomic E-state index is 6.72. The van der Waals surface area contributed by atoms with Gasteiger partial charge in [0.15, 0.2) is 0 Å². The molecule has 58 heavy (non-hydrogen) atoms. The average Bonchev–Trinajstić information content (AvgIpc) is 3.67. The van der Waals surface area contributed by atoms with Gasteiger partial charge in [-0.3, -0.25) is 0 Å². The zero-order valence-corrected chi connectivity index (χ0v) is 42.1. The maximum absolute atomic E-state index is 6.72. The van der Waals surface area contributed by atoms with Crippen LogP contribution in [-0.4, -0.2) is 3.21 Å². The van der Waals surface area contributed by atoms with Gasteiger partial charge in [-0.2, -0.15) is 0 Å². The van der Waals surface area contributed by atoms with Crippen LogP contribution in [0.1, 0.15) is 101 Å². The molecular formula is C53H62Cl4Zr. The molecule has 0 N–H and O–H groups in total. The maximum Gasteiger partial charge on any atom is -1.00 e. The number of hydrogen-bond acceptors (Lipinski definition) is 0. The van der Waals surface area contributed by atoms with Crippen LogP contribution < -0.4 is 24.8 Å². The van der Waals surface area contributed by atoms with Gasteiger partial charge in [0.1, 0.15) is 0 Å². The number of rotatable bonds is 5. The fourth-order valence-electron chi connectivity index (χ4n) is 14.1. The molecule has 10 unspecified atom stereocenters. The van der Waals surface area contributed by atoms with E-state index in [4.69, 9.17) is 23.2 Å². The predicted octanol–water partition coefficient (Wildman–Crippen LogP) is 9.33. The molecule has 0 aromatic heterocycles. The van der Waals surface area contributed by atoms with Gasteiger partial charge in [0, 0.05) is 0 Å². The van der Waals surface area contributed by atoms with Gasteiger partial charge >= 0.3 is 359 Å². The molecule has 0 spiro atoms. The molecule has 2 saturated carbocycles. The zero-order valence-electron chi connectivity index (χ0n) is 36.6. The number of hydrogen-bond donors (Lipinski definition) is 0. The summed E-state index contributed by atoms with van der Waals surface area (Å²) in [5, 5.41) is 1.56. The molecule has 0 saturated heterocycles.